The second kappa shape index (κ2) is 7.03. The normalized spacial score (nSPS) is 19.3. The van der Waals surface area contributed by atoms with E-state index in [0.717, 1.165) is 0 Å². The fraction of sp³-hybridized carbons (Fsp3) is 0.846. The van der Waals surface area contributed by atoms with E-state index in [0.29, 0.717) is 36.6 Å². The van der Waals surface area contributed by atoms with Gasteiger partial charge < -0.3 is 14.9 Å². The standard InChI is InChI=1S/C13H24N2O3S/c1-9(2)5-14(6-10(3)4)13(18)15-8-19-7-11(15)12(16)17/h9-11H,5-8H2,1-4H3,(H,16,17). The number of carbonyl (C=O) groups is 2. The van der Waals surface area contributed by atoms with Crippen molar-refractivity contribution in [2.45, 2.75) is 33.7 Å². The van der Waals surface area contributed by atoms with Gasteiger partial charge in [-0.1, -0.05) is 27.7 Å². The first-order valence-corrected chi connectivity index (χ1v) is 7.84. The Labute approximate surface area is 119 Å². The Morgan fingerprint density at radius 3 is 2.21 bits per heavy atom. The van der Waals surface area contributed by atoms with E-state index < -0.39 is 12.0 Å². The van der Waals surface area contributed by atoms with E-state index >= 15 is 0 Å². The Morgan fingerprint density at radius 1 is 1.26 bits per heavy atom. The number of thioether (sulfide) groups is 1. The summed E-state index contributed by atoms with van der Waals surface area (Å²) < 4.78 is 0. The van der Waals surface area contributed by atoms with Crippen molar-refractivity contribution in [2.75, 3.05) is 24.7 Å². The summed E-state index contributed by atoms with van der Waals surface area (Å²) in [5.74, 6) is 0.802. The number of carboxylic acid groups (broad SMARTS) is 1. The Balaban J connectivity index is 2.77. The molecule has 5 nitrogen and oxygen atoms in total. The van der Waals surface area contributed by atoms with Crippen molar-refractivity contribution in [1.29, 1.82) is 0 Å². The second-order valence-corrected chi connectivity index (χ2v) is 6.80. The molecule has 0 aromatic rings. The van der Waals surface area contributed by atoms with E-state index in [-0.39, 0.29) is 6.03 Å². The number of amides is 2. The molecule has 0 aromatic heterocycles. The molecule has 1 N–H and O–H groups in total. The van der Waals surface area contributed by atoms with E-state index in [9.17, 15) is 9.59 Å². The van der Waals surface area contributed by atoms with Crippen LogP contribution < -0.4 is 0 Å². The average Bonchev–Trinajstić information content (AvgIpc) is 2.74. The number of urea groups is 1. The molecule has 1 fully saturated rings. The molecule has 1 unspecified atom stereocenters. The zero-order valence-corrected chi connectivity index (χ0v) is 12.9. The van der Waals surface area contributed by atoms with Crippen LogP contribution in [0.1, 0.15) is 27.7 Å². The zero-order chi connectivity index (χ0) is 14.6. The Bertz CT molecular complexity index is 324. The molecule has 6 heteroatoms. The van der Waals surface area contributed by atoms with Gasteiger partial charge in [0, 0.05) is 18.8 Å². The van der Waals surface area contributed by atoms with Crippen molar-refractivity contribution in [1.82, 2.24) is 9.80 Å². The summed E-state index contributed by atoms with van der Waals surface area (Å²) in [6, 6.07) is -0.820. The van der Waals surface area contributed by atoms with Gasteiger partial charge in [-0.3, -0.25) is 0 Å². The Kier molecular flexibility index (Phi) is 5.97. The first-order chi connectivity index (χ1) is 8.82. The van der Waals surface area contributed by atoms with E-state index in [2.05, 4.69) is 27.7 Å². The van der Waals surface area contributed by atoms with Crippen LogP contribution in [0.25, 0.3) is 0 Å². The molecule has 0 aliphatic carbocycles. The summed E-state index contributed by atoms with van der Waals surface area (Å²) in [5.41, 5.74) is 0. The first kappa shape index (κ1) is 16.1. The molecule has 1 atom stereocenters. The Morgan fingerprint density at radius 2 is 1.79 bits per heavy atom. The maximum Gasteiger partial charge on any atom is 0.327 e. The predicted molar refractivity (Wildman–Crippen MR) is 77.2 cm³/mol. The summed E-state index contributed by atoms with van der Waals surface area (Å²) in [5, 5.41) is 9.15. The maximum atomic E-state index is 12.5. The minimum absolute atomic E-state index is 0.139. The van der Waals surface area contributed by atoms with Gasteiger partial charge in [-0.15, -0.1) is 11.8 Å². The summed E-state index contributed by atoms with van der Waals surface area (Å²) in [6.07, 6.45) is 0. The van der Waals surface area contributed by atoms with Crippen LogP contribution in [0.2, 0.25) is 0 Å². The number of aliphatic carboxylic acids is 1. The number of rotatable bonds is 5. The van der Waals surface area contributed by atoms with Crippen molar-refractivity contribution < 1.29 is 14.7 Å². The van der Waals surface area contributed by atoms with E-state index in [1.54, 1.807) is 4.90 Å². The summed E-state index contributed by atoms with van der Waals surface area (Å²) in [6.45, 7) is 9.60. The van der Waals surface area contributed by atoms with Crippen molar-refractivity contribution in [2.24, 2.45) is 11.8 Å². The molecule has 0 saturated carbocycles. The second-order valence-electron chi connectivity index (χ2n) is 5.80. The molecule has 1 aliphatic rings. The minimum Gasteiger partial charge on any atom is -0.480 e. The number of hydrogen-bond donors (Lipinski definition) is 1. The fourth-order valence-corrected chi connectivity index (χ4v) is 3.27. The summed E-state index contributed by atoms with van der Waals surface area (Å²) in [4.78, 5) is 26.9. The summed E-state index contributed by atoms with van der Waals surface area (Å²) >= 11 is 1.50. The molecule has 1 heterocycles. The lowest BCUT2D eigenvalue weighted by atomic mass is 10.1. The molecule has 0 spiro atoms. The third-order valence-electron chi connectivity index (χ3n) is 2.85. The minimum atomic E-state index is -0.910. The Hall–Kier alpha value is -0.910. The van der Waals surface area contributed by atoms with Crippen LogP contribution in [-0.2, 0) is 4.79 Å². The van der Waals surface area contributed by atoms with Gasteiger partial charge in [-0.25, -0.2) is 9.59 Å². The van der Waals surface area contributed by atoms with Gasteiger partial charge in [0.25, 0.3) is 0 Å². The molecule has 1 rings (SSSR count). The highest BCUT2D eigenvalue weighted by atomic mass is 32.2. The number of nitrogens with zero attached hydrogens (tertiary/aromatic N) is 2. The molecular weight excluding hydrogens is 264 g/mol. The van der Waals surface area contributed by atoms with Gasteiger partial charge in [0.1, 0.15) is 6.04 Å². The molecule has 19 heavy (non-hydrogen) atoms. The molecule has 0 radical (unpaired) electrons. The van der Waals surface area contributed by atoms with Gasteiger partial charge in [-0.05, 0) is 11.8 Å². The van der Waals surface area contributed by atoms with Gasteiger partial charge in [0.15, 0.2) is 0 Å². The highest BCUT2D eigenvalue weighted by Crippen LogP contribution is 2.23. The van der Waals surface area contributed by atoms with Crippen LogP contribution in [0.3, 0.4) is 0 Å². The average molecular weight is 288 g/mol. The molecular formula is C13H24N2O3S. The quantitative estimate of drug-likeness (QED) is 0.842. The molecule has 0 bridgehead atoms. The van der Waals surface area contributed by atoms with E-state index in [1.165, 1.54) is 16.7 Å². The summed E-state index contributed by atoms with van der Waals surface area (Å²) in [7, 11) is 0. The van der Waals surface area contributed by atoms with Gasteiger partial charge in [0.2, 0.25) is 0 Å². The maximum absolute atomic E-state index is 12.5. The smallest absolute Gasteiger partial charge is 0.327 e. The van der Waals surface area contributed by atoms with Crippen LogP contribution in [0.15, 0.2) is 0 Å². The molecule has 2 amide bonds. The van der Waals surface area contributed by atoms with Crippen molar-refractivity contribution in [3.05, 3.63) is 0 Å². The monoisotopic (exact) mass is 288 g/mol. The van der Waals surface area contributed by atoms with Crippen LogP contribution in [0, 0.1) is 11.8 Å². The largest absolute Gasteiger partial charge is 0.480 e. The van der Waals surface area contributed by atoms with E-state index in [4.69, 9.17) is 5.11 Å². The van der Waals surface area contributed by atoms with E-state index in [1.807, 2.05) is 0 Å². The van der Waals surface area contributed by atoms with Crippen LogP contribution in [-0.4, -0.2) is 57.7 Å². The first-order valence-electron chi connectivity index (χ1n) is 6.69. The fourth-order valence-electron chi connectivity index (χ4n) is 2.13. The van der Waals surface area contributed by atoms with Crippen LogP contribution in [0.5, 0.6) is 0 Å². The van der Waals surface area contributed by atoms with Crippen molar-refractivity contribution in [3.63, 3.8) is 0 Å². The van der Waals surface area contributed by atoms with Crippen LogP contribution >= 0.6 is 11.8 Å². The zero-order valence-electron chi connectivity index (χ0n) is 12.1. The number of carbonyl (C=O) groups excluding carboxylic acids is 1. The topological polar surface area (TPSA) is 60.9 Å². The van der Waals surface area contributed by atoms with Crippen molar-refractivity contribution in [3.8, 4) is 0 Å². The molecule has 110 valence electrons. The lowest BCUT2D eigenvalue weighted by Gasteiger charge is -2.32. The highest BCUT2D eigenvalue weighted by molar-refractivity contribution is 7.99. The lowest BCUT2D eigenvalue weighted by Crippen LogP contribution is -2.50. The van der Waals surface area contributed by atoms with Gasteiger partial charge in [0.05, 0.1) is 5.88 Å². The number of hydrogen-bond acceptors (Lipinski definition) is 3. The molecule has 1 saturated heterocycles. The molecule has 0 aromatic carbocycles. The van der Waals surface area contributed by atoms with Crippen molar-refractivity contribution >= 4 is 23.8 Å². The molecule has 1 aliphatic heterocycles. The van der Waals surface area contributed by atoms with Gasteiger partial charge in [-0.2, -0.15) is 0 Å². The third-order valence-corrected chi connectivity index (χ3v) is 3.87. The predicted octanol–water partition coefficient (Wildman–Crippen LogP) is 2.18. The van der Waals surface area contributed by atoms with Crippen LogP contribution in [0.4, 0.5) is 4.79 Å². The van der Waals surface area contributed by atoms with Gasteiger partial charge >= 0.3 is 12.0 Å². The number of carboxylic acids is 1. The SMILES string of the molecule is CC(C)CN(CC(C)C)C(=O)N1CSCC1C(=O)O. The lowest BCUT2D eigenvalue weighted by molar-refractivity contribution is -0.140. The highest BCUT2D eigenvalue weighted by Gasteiger charge is 2.36. The third kappa shape index (κ3) is 4.60.